The summed E-state index contributed by atoms with van der Waals surface area (Å²) in [6.07, 6.45) is 0. The predicted molar refractivity (Wildman–Crippen MR) is 146 cm³/mol. The molecule has 2 aromatic heterocycles. The quantitative estimate of drug-likeness (QED) is 0.279. The molecule has 35 heavy (non-hydrogen) atoms. The number of benzene rings is 3. The molecule has 5 aromatic rings. The van der Waals surface area contributed by atoms with Gasteiger partial charge in [-0.1, -0.05) is 68.4 Å². The highest BCUT2D eigenvalue weighted by molar-refractivity contribution is 7.14. The summed E-state index contributed by atoms with van der Waals surface area (Å²) in [4.78, 5) is 22.9. The van der Waals surface area contributed by atoms with Gasteiger partial charge in [0.05, 0.1) is 22.5 Å². The van der Waals surface area contributed by atoms with Crippen molar-refractivity contribution in [1.82, 2.24) is 9.97 Å². The van der Waals surface area contributed by atoms with Crippen LogP contribution in [0.4, 0.5) is 5.13 Å². The molecular formula is C30H27N3OS. The summed E-state index contributed by atoms with van der Waals surface area (Å²) >= 11 is 1.43. The molecule has 1 amide bonds. The Morgan fingerprint density at radius 2 is 1.57 bits per heavy atom. The van der Waals surface area contributed by atoms with Crippen molar-refractivity contribution in [3.63, 3.8) is 0 Å². The van der Waals surface area contributed by atoms with E-state index in [4.69, 9.17) is 4.98 Å². The molecule has 0 aliphatic heterocycles. The SMILES string of the molecule is Cc1ccc(-c2cc(C(=O)Nc3nc(-c4ccc(C(C)C)cc4)cs3)c3ccccc3n2)cc1C. The smallest absolute Gasteiger partial charge is 0.258 e. The molecule has 0 spiro atoms. The fourth-order valence-electron chi connectivity index (χ4n) is 4.08. The molecule has 0 aliphatic rings. The van der Waals surface area contributed by atoms with E-state index < -0.39 is 0 Å². The van der Waals surface area contributed by atoms with Crippen molar-refractivity contribution in [2.24, 2.45) is 0 Å². The van der Waals surface area contributed by atoms with Gasteiger partial charge in [-0.25, -0.2) is 9.97 Å². The number of aryl methyl sites for hydroxylation is 2. The number of thiazole rings is 1. The third-order valence-electron chi connectivity index (χ3n) is 6.36. The van der Waals surface area contributed by atoms with Crippen LogP contribution in [0.3, 0.4) is 0 Å². The van der Waals surface area contributed by atoms with Gasteiger partial charge in [0.15, 0.2) is 5.13 Å². The van der Waals surface area contributed by atoms with Gasteiger partial charge < -0.3 is 0 Å². The Labute approximate surface area is 209 Å². The number of para-hydroxylation sites is 1. The Bertz CT molecular complexity index is 1530. The number of rotatable bonds is 5. The van der Waals surface area contributed by atoms with Gasteiger partial charge in [0.25, 0.3) is 5.91 Å². The molecule has 0 fully saturated rings. The highest BCUT2D eigenvalue weighted by Gasteiger charge is 2.16. The number of nitrogens with one attached hydrogen (secondary N) is 1. The van der Waals surface area contributed by atoms with Gasteiger partial charge >= 0.3 is 0 Å². The molecule has 4 nitrogen and oxygen atoms in total. The van der Waals surface area contributed by atoms with Crippen molar-refractivity contribution in [3.8, 4) is 22.5 Å². The fourth-order valence-corrected chi connectivity index (χ4v) is 4.79. The van der Waals surface area contributed by atoms with Crippen LogP contribution < -0.4 is 5.32 Å². The number of hydrogen-bond acceptors (Lipinski definition) is 4. The standard InChI is InChI=1S/C30H27N3OS/c1-18(2)21-11-13-22(14-12-21)28-17-35-30(32-28)33-29(34)25-16-27(23-10-9-19(3)20(4)15-23)31-26-8-6-5-7-24(25)26/h5-18H,1-4H3,(H,32,33,34). The molecule has 0 saturated heterocycles. The lowest BCUT2D eigenvalue weighted by Gasteiger charge is -2.11. The van der Waals surface area contributed by atoms with E-state index in [0.29, 0.717) is 16.6 Å². The van der Waals surface area contributed by atoms with Crippen LogP contribution >= 0.6 is 11.3 Å². The van der Waals surface area contributed by atoms with Crippen LogP contribution in [0.15, 0.2) is 78.2 Å². The van der Waals surface area contributed by atoms with E-state index >= 15 is 0 Å². The van der Waals surface area contributed by atoms with Gasteiger partial charge in [-0.3, -0.25) is 10.1 Å². The molecule has 0 atom stereocenters. The van der Waals surface area contributed by atoms with E-state index in [0.717, 1.165) is 33.4 Å². The summed E-state index contributed by atoms with van der Waals surface area (Å²) in [6, 6.07) is 24.3. The first-order valence-corrected chi connectivity index (χ1v) is 12.6. The van der Waals surface area contributed by atoms with Crippen LogP contribution in [0.2, 0.25) is 0 Å². The Morgan fingerprint density at radius 3 is 2.31 bits per heavy atom. The van der Waals surface area contributed by atoms with Crippen molar-refractivity contribution in [1.29, 1.82) is 0 Å². The molecule has 0 aliphatic carbocycles. The number of hydrogen-bond donors (Lipinski definition) is 1. The Morgan fingerprint density at radius 1 is 0.829 bits per heavy atom. The number of fused-ring (bicyclic) bond motifs is 1. The molecule has 5 rings (SSSR count). The molecule has 3 aromatic carbocycles. The van der Waals surface area contributed by atoms with Crippen LogP contribution in [0, 0.1) is 13.8 Å². The number of nitrogens with zero attached hydrogens (tertiary/aromatic N) is 2. The first kappa shape index (κ1) is 22.9. The Kier molecular flexibility index (Phi) is 6.18. The van der Waals surface area contributed by atoms with E-state index in [-0.39, 0.29) is 5.91 Å². The normalized spacial score (nSPS) is 11.2. The second-order valence-electron chi connectivity index (χ2n) is 9.14. The number of carbonyl (C=O) groups excluding carboxylic acids is 1. The Balaban J connectivity index is 1.46. The fraction of sp³-hybridized carbons (Fsp3) is 0.167. The number of amides is 1. The lowest BCUT2D eigenvalue weighted by Crippen LogP contribution is -2.13. The maximum atomic E-state index is 13.4. The average molecular weight is 478 g/mol. The average Bonchev–Trinajstić information content (AvgIpc) is 3.33. The molecule has 0 unspecified atom stereocenters. The van der Waals surface area contributed by atoms with E-state index in [1.165, 1.54) is 28.0 Å². The van der Waals surface area contributed by atoms with Crippen LogP contribution in [-0.2, 0) is 0 Å². The van der Waals surface area contributed by atoms with Crippen LogP contribution in [-0.4, -0.2) is 15.9 Å². The lowest BCUT2D eigenvalue weighted by molar-refractivity contribution is 0.102. The number of pyridine rings is 1. The summed E-state index contributed by atoms with van der Waals surface area (Å²) in [5.41, 5.74) is 8.76. The van der Waals surface area contributed by atoms with E-state index in [1.54, 1.807) is 0 Å². The van der Waals surface area contributed by atoms with Gasteiger partial charge in [-0.15, -0.1) is 11.3 Å². The van der Waals surface area contributed by atoms with Crippen molar-refractivity contribution in [3.05, 3.63) is 100 Å². The minimum Gasteiger partial charge on any atom is -0.298 e. The summed E-state index contributed by atoms with van der Waals surface area (Å²) in [5.74, 6) is 0.294. The topological polar surface area (TPSA) is 54.9 Å². The minimum absolute atomic E-state index is 0.190. The minimum atomic E-state index is -0.190. The maximum absolute atomic E-state index is 13.4. The number of anilines is 1. The summed E-state index contributed by atoms with van der Waals surface area (Å²) in [6.45, 7) is 8.54. The summed E-state index contributed by atoms with van der Waals surface area (Å²) < 4.78 is 0. The zero-order valence-electron chi connectivity index (χ0n) is 20.3. The molecule has 0 bridgehead atoms. The van der Waals surface area contributed by atoms with Crippen LogP contribution in [0.5, 0.6) is 0 Å². The van der Waals surface area contributed by atoms with Crippen LogP contribution in [0.25, 0.3) is 33.4 Å². The molecule has 1 N–H and O–H groups in total. The molecule has 0 saturated carbocycles. The van der Waals surface area contributed by atoms with Crippen molar-refractivity contribution in [2.75, 3.05) is 5.32 Å². The third kappa shape index (κ3) is 4.73. The lowest BCUT2D eigenvalue weighted by atomic mass is 10.0. The largest absolute Gasteiger partial charge is 0.298 e. The highest BCUT2D eigenvalue weighted by Crippen LogP contribution is 2.29. The van der Waals surface area contributed by atoms with Crippen LogP contribution in [0.1, 0.15) is 46.8 Å². The Hall–Kier alpha value is -3.83. The predicted octanol–water partition coefficient (Wildman–Crippen LogP) is 8.02. The third-order valence-corrected chi connectivity index (χ3v) is 7.12. The van der Waals surface area contributed by atoms with Gasteiger partial charge in [0, 0.05) is 21.9 Å². The monoisotopic (exact) mass is 477 g/mol. The van der Waals surface area contributed by atoms with Crippen molar-refractivity contribution < 1.29 is 4.79 Å². The summed E-state index contributed by atoms with van der Waals surface area (Å²) in [7, 11) is 0. The number of aromatic nitrogens is 2. The first-order valence-electron chi connectivity index (χ1n) is 11.7. The maximum Gasteiger partial charge on any atom is 0.258 e. The highest BCUT2D eigenvalue weighted by atomic mass is 32.1. The van der Waals surface area contributed by atoms with Crippen molar-refractivity contribution in [2.45, 2.75) is 33.6 Å². The summed E-state index contributed by atoms with van der Waals surface area (Å²) in [5, 5.41) is 6.38. The van der Waals surface area contributed by atoms with Gasteiger partial charge in [0.2, 0.25) is 0 Å². The van der Waals surface area contributed by atoms with Crippen molar-refractivity contribution >= 4 is 33.3 Å². The van der Waals surface area contributed by atoms with Gasteiger partial charge in [-0.2, -0.15) is 0 Å². The van der Waals surface area contributed by atoms with E-state index in [2.05, 4.69) is 80.5 Å². The molecule has 174 valence electrons. The first-order chi connectivity index (χ1) is 16.9. The van der Waals surface area contributed by atoms with E-state index in [1.807, 2.05) is 35.7 Å². The zero-order chi connectivity index (χ0) is 24.5. The second-order valence-corrected chi connectivity index (χ2v) is 10.00. The molecular weight excluding hydrogens is 450 g/mol. The zero-order valence-corrected chi connectivity index (χ0v) is 21.1. The number of carbonyl (C=O) groups is 1. The molecule has 2 heterocycles. The van der Waals surface area contributed by atoms with Gasteiger partial charge in [0.1, 0.15) is 0 Å². The van der Waals surface area contributed by atoms with E-state index in [9.17, 15) is 4.79 Å². The molecule has 5 heteroatoms. The molecule has 0 radical (unpaired) electrons. The van der Waals surface area contributed by atoms with Gasteiger partial charge in [-0.05, 0) is 54.7 Å². The second kappa shape index (κ2) is 9.43.